The fraction of sp³-hybridized carbons (Fsp3) is 0.556. The van der Waals surface area contributed by atoms with E-state index in [4.69, 9.17) is 9.72 Å². The number of nitrogens with zero attached hydrogens (tertiary/aromatic N) is 2. The molecule has 4 rings (SSSR count). The first-order chi connectivity index (χ1) is 11.8. The van der Waals surface area contributed by atoms with Crippen molar-refractivity contribution in [3.63, 3.8) is 0 Å². The van der Waals surface area contributed by atoms with Crippen molar-refractivity contribution in [1.29, 1.82) is 0 Å². The van der Waals surface area contributed by atoms with Gasteiger partial charge in [-0.05, 0) is 37.8 Å². The van der Waals surface area contributed by atoms with Crippen LogP contribution in [0.5, 0.6) is 0 Å². The molecule has 3 heterocycles. The van der Waals surface area contributed by atoms with Gasteiger partial charge in [-0.1, -0.05) is 12.1 Å². The summed E-state index contributed by atoms with van der Waals surface area (Å²) in [5, 5.41) is 3.16. The van der Waals surface area contributed by atoms with Crippen LogP contribution in [0.2, 0.25) is 0 Å². The average molecular weight is 328 g/mol. The summed E-state index contributed by atoms with van der Waals surface area (Å²) in [6.45, 7) is 3.04. The maximum atomic E-state index is 12.6. The number of carbonyl (C=O) groups excluding carboxylic acids is 1. The largest absolute Gasteiger partial charge is 0.381 e. The summed E-state index contributed by atoms with van der Waals surface area (Å²) in [6.07, 6.45) is 3.91. The van der Waals surface area contributed by atoms with E-state index in [0.717, 1.165) is 68.8 Å². The quantitative estimate of drug-likeness (QED) is 0.890. The van der Waals surface area contributed by atoms with E-state index in [9.17, 15) is 4.79 Å². The number of urea groups is 1. The van der Waals surface area contributed by atoms with E-state index in [1.54, 1.807) is 0 Å². The van der Waals surface area contributed by atoms with Crippen LogP contribution in [0.1, 0.15) is 37.4 Å². The Hall–Kier alpha value is -2.08. The summed E-state index contributed by atoms with van der Waals surface area (Å²) < 4.78 is 5.35. The van der Waals surface area contributed by atoms with Crippen molar-refractivity contribution in [3.8, 4) is 0 Å². The fourth-order valence-corrected chi connectivity index (χ4v) is 3.66. The highest BCUT2D eigenvalue weighted by atomic mass is 16.5. The van der Waals surface area contributed by atoms with Gasteiger partial charge in [-0.25, -0.2) is 9.78 Å². The minimum atomic E-state index is 0.0581. The van der Waals surface area contributed by atoms with Crippen LogP contribution in [-0.4, -0.2) is 53.2 Å². The molecule has 2 aromatic rings. The van der Waals surface area contributed by atoms with Crippen LogP contribution in [0.15, 0.2) is 24.3 Å². The van der Waals surface area contributed by atoms with Gasteiger partial charge in [0.05, 0.1) is 11.0 Å². The predicted octanol–water partition coefficient (Wildman–Crippen LogP) is 2.63. The lowest BCUT2D eigenvalue weighted by atomic mass is 9.97. The molecule has 24 heavy (non-hydrogen) atoms. The van der Waals surface area contributed by atoms with Gasteiger partial charge in [-0.15, -0.1) is 0 Å². The smallest absolute Gasteiger partial charge is 0.317 e. The highest BCUT2D eigenvalue weighted by molar-refractivity contribution is 5.76. The third-order valence-corrected chi connectivity index (χ3v) is 5.05. The molecular weight excluding hydrogens is 304 g/mol. The molecule has 1 aromatic heterocycles. The summed E-state index contributed by atoms with van der Waals surface area (Å²) >= 11 is 0. The molecule has 0 bridgehead atoms. The van der Waals surface area contributed by atoms with Gasteiger partial charge in [-0.2, -0.15) is 0 Å². The standard InChI is InChI=1S/C18H24N4O2/c23-18(19-14-7-10-24-11-8-14)22-9-3-4-13(12-22)17-20-15-5-1-2-6-16(15)21-17/h1-2,5-6,13-14H,3-4,7-12H2,(H,19,23)(H,20,21). The Bertz CT molecular complexity index is 675. The number of carbonyl (C=O) groups is 1. The lowest BCUT2D eigenvalue weighted by molar-refractivity contribution is 0.0773. The number of hydrogen-bond acceptors (Lipinski definition) is 3. The SMILES string of the molecule is O=C(NC1CCOCC1)N1CCCC(c2nc3ccccc3[nH]2)C1. The van der Waals surface area contributed by atoms with Crippen LogP contribution in [0.3, 0.4) is 0 Å². The van der Waals surface area contributed by atoms with Gasteiger partial charge in [0, 0.05) is 38.3 Å². The molecule has 0 aliphatic carbocycles. The number of nitrogens with one attached hydrogen (secondary N) is 2. The van der Waals surface area contributed by atoms with Gasteiger partial charge >= 0.3 is 6.03 Å². The number of ether oxygens (including phenoxy) is 1. The molecule has 1 unspecified atom stereocenters. The van der Waals surface area contributed by atoms with E-state index in [2.05, 4.69) is 10.3 Å². The zero-order valence-corrected chi connectivity index (χ0v) is 13.8. The van der Waals surface area contributed by atoms with Crippen LogP contribution in [0.4, 0.5) is 4.79 Å². The van der Waals surface area contributed by atoms with Crippen LogP contribution in [0, 0.1) is 0 Å². The second kappa shape index (κ2) is 6.81. The number of likely N-dealkylation sites (tertiary alicyclic amines) is 1. The Balaban J connectivity index is 1.42. The molecule has 128 valence electrons. The van der Waals surface area contributed by atoms with Crippen molar-refractivity contribution >= 4 is 17.1 Å². The maximum absolute atomic E-state index is 12.6. The van der Waals surface area contributed by atoms with Gasteiger partial charge in [-0.3, -0.25) is 0 Å². The van der Waals surface area contributed by atoms with Crippen LogP contribution in [-0.2, 0) is 4.74 Å². The van der Waals surface area contributed by atoms with Gasteiger partial charge in [0.25, 0.3) is 0 Å². The van der Waals surface area contributed by atoms with Crippen molar-refractivity contribution in [2.45, 2.75) is 37.6 Å². The highest BCUT2D eigenvalue weighted by Gasteiger charge is 2.28. The number of fused-ring (bicyclic) bond motifs is 1. The zero-order chi connectivity index (χ0) is 16.4. The fourth-order valence-electron chi connectivity index (χ4n) is 3.66. The molecule has 2 amide bonds. The maximum Gasteiger partial charge on any atom is 0.317 e. The second-order valence-corrected chi connectivity index (χ2v) is 6.76. The number of imidazole rings is 1. The zero-order valence-electron chi connectivity index (χ0n) is 13.8. The van der Waals surface area contributed by atoms with E-state index in [1.807, 2.05) is 29.2 Å². The molecule has 6 heteroatoms. The van der Waals surface area contributed by atoms with Gasteiger partial charge in [0.15, 0.2) is 0 Å². The van der Waals surface area contributed by atoms with Crippen molar-refractivity contribution in [1.82, 2.24) is 20.2 Å². The summed E-state index contributed by atoms with van der Waals surface area (Å²) in [7, 11) is 0. The number of H-pyrrole nitrogens is 1. The first kappa shape index (κ1) is 15.4. The molecule has 0 saturated carbocycles. The van der Waals surface area contributed by atoms with Crippen molar-refractivity contribution in [2.24, 2.45) is 0 Å². The molecule has 1 atom stereocenters. The molecule has 2 N–H and O–H groups in total. The van der Waals surface area contributed by atoms with Crippen molar-refractivity contribution in [2.75, 3.05) is 26.3 Å². The minimum absolute atomic E-state index is 0.0581. The monoisotopic (exact) mass is 328 g/mol. The number of benzene rings is 1. The van der Waals surface area contributed by atoms with E-state index in [0.29, 0.717) is 0 Å². The Labute approximate surface area is 141 Å². The van der Waals surface area contributed by atoms with E-state index >= 15 is 0 Å². The minimum Gasteiger partial charge on any atom is -0.381 e. The van der Waals surface area contributed by atoms with Gasteiger partial charge < -0.3 is 19.9 Å². The molecule has 2 fully saturated rings. The Morgan fingerprint density at radius 1 is 1.25 bits per heavy atom. The number of rotatable bonds is 2. The second-order valence-electron chi connectivity index (χ2n) is 6.76. The van der Waals surface area contributed by atoms with Crippen LogP contribution >= 0.6 is 0 Å². The van der Waals surface area contributed by atoms with E-state index in [1.165, 1.54) is 0 Å². The molecule has 2 aliphatic rings. The summed E-state index contributed by atoms with van der Waals surface area (Å²) in [5.74, 6) is 1.28. The third kappa shape index (κ3) is 3.24. The molecule has 0 spiro atoms. The van der Waals surface area contributed by atoms with Gasteiger partial charge in [0.1, 0.15) is 5.82 Å². The molecule has 6 nitrogen and oxygen atoms in total. The average Bonchev–Trinajstić information content (AvgIpc) is 3.07. The highest BCUT2D eigenvalue weighted by Crippen LogP contribution is 2.26. The van der Waals surface area contributed by atoms with Crippen molar-refractivity contribution < 1.29 is 9.53 Å². The topological polar surface area (TPSA) is 70.2 Å². The summed E-state index contributed by atoms with van der Waals surface area (Å²) in [5.41, 5.74) is 2.06. The number of aromatic nitrogens is 2. The predicted molar refractivity (Wildman–Crippen MR) is 92.0 cm³/mol. The number of para-hydroxylation sites is 2. The summed E-state index contributed by atoms with van der Waals surface area (Å²) in [6, 6.07) is 8.39. The van der Waals surface area contributed by atoms with E-state index < -0.39 is 0 Å². The van der Waals surface area contributed by atoms with Gasteiger partial charge in [0.2, 0.25) is 0 Å². The van der Waals surface area contributed by atoms with E-state index in [-0.39, 0.29) is 18.0 Å². The van der Waals surface area contributed by atoms with Crippen LogP contribution in [0.25, 0.3) is 11.0 Å². The first-order valence-corrected chi connectivity index (χ1v) is 8.87. The molecular formula is C18H24N4O2. The Morgan fingerprint density at radius 3 is 2.92 bits per heavy atom. The third-order valence-electron chi connectivity index (χ3n) is 5.05. The molecule has 1 aromatic carbocycles. The molecule has 2 aliphatic heterocycles. The first-order valence-electron chi connectivity index (χ1n) is 8.87. The van der Waals surface area contributed by atoms with Crippen LogP contribution < -0.4 is 5.32 Å². The Kier molecular flexibility index (Phi) is 4.38. The normalized spacial score (nSPS) is 22.7. The lowest BCUT2D eigenvalue weighted by Crippen LogP contribution is -2.49. The molecule has 2 saturated heterocycles. The molecule has 0 radical (unpaired) electrons. The number of hydrogen-bond donors (Lipinski definition) is 2. The number of piperidine rings is 1. The number of aromatic amines is 1. The van der Waals surface area contributed by atoms with Crippen molar-refractivity contribution in [3.05, 3.63) is 30.1 Å². The Morgan fingerprint density at radius 2 is 2.08 bits per heavy atom. The lowest BCUT2D eigenvalue weighted by Gasteiger charge is -2.34. The summed E-state index contributed by atoms with van der Waals surface area (Å²) in [4.78, 5) is 22.6. The number of amides is 2.